The lowest BCUT2D eigenvalue weighted by molar-refractivity contribution is -0.398. The maximum atomic E-state index is 16.7. The first kappa shape index (κ1) is 94.8. The van der Waals surface area contributed by atoms with Gasteiger partial charge in [-0.05, 0) is 136 Å². The Balaban J connectivity index is 0.875. The summed E-state index contributed by atoms with van der Waals surface area (Å²) in [6, 6.07) is 3.02. The Bertz CT molecular complexity index is 3850. The van der Waals surface area contributed by atoms with Gasteiger partial charge in [-0.3, -0.25) is 9.59 Å². The van der Waals surface area contributed by atoms with Crippen molar-refractivity contribution >= 4 is 24.0 Å². The molecule has 0 aromatic heterocycles. The fraction of sp³-hybridized carbons (Fsp3) is 0.840. The highest BCUT2D eigenvalue weighted by Crippen LogP contribution is 2.76. The lowest BCUT2D eigenvalue weighted by atomic mass is 9.33. The number of carbonyl (C=O) groups is 3. The zero-order valence-electron chi connectivity index (χ0n) is 69.5. The molecule has 20 N–H and O–H groups in total. The van der Waals surface area contributed by atoms with Crippen LogP contribution in [0.5, 0.6) is 17.2 Å². The molecule has 13 rings (SSSR count). The van der Waals surface area contributed by atoms with Crippen molar-refractivity contribution in [2.24, 2.45) is 50.2 Å². The molecule has 7 heterocycles. The van der Waals surface area contributed by atoms with E-state index in [2.05, 4.69) is 0 Å². The molecule has 41 heteroatoms. The summed E-state index contributed by atoms with van der Waals surface area (Å²) in [5.41, 5.74) is -10.7. The Morgan fingerprint density at radius 3 is 1.58 bits per heavy atom. The van der Waals surface area contributed by atoms with E-state index < -0.39 is 317 Å². The second kappa shape index (κ2) is 36.3. The average molecular weight is 1750 g/mol. The third kappa shape index (κ3) is 16.5. The van der Waals surface area contributed by atoms with Gasteiger partial charge in [-0.2, -0.15) is 0 Å². The lowest BCUT2D eigenvalue weighted by Crippen LogP contribution is -2.71. The van der Waals surface area contributed by atoms with Crippen molar-refractivity contribution in [2.75, 3.05) is 74.2 Å². The molecule has 7 aliphatic heterocycles. The van der Waals surface area contributed by atoms with Crippen LogP contribution < -0.4 is 14.2 Å². The minimum absolute atomic E-state index is 0.00597. The van der Waals surface area contributed by atoms with Crippen LogP contribution in [0.2, 0.25) is 0 Å². The smallest absolute Gasteiger partial charge is 0.331 e. The summed E-state index contributed by atoms with van der Waals surface area (Å²) in [6.45, 7) is 5.79. The number of aliphatic hydroxyl groups excluding tert-OH is 17. The lowest BCUT2D eigenvalue weighted by Gasteiger charge is -2.71. The molecule has 11 fully saturated rings. The van der Waals surface area contributed by atoms with Gasteiger partial charge in [-0.1, -0.05) is 39.3 Å². The molecule has 41 nitrogen and oxygen atoms in total. The largest absolute Gasteiger partial charge is 0.493 e. The Morgan fingerprint density at radius 1 is 0.508 bits per heavy atom. The highest BCUT2D eigenvalue weighted by Gasteiger charge is 2.75. The molecular weight excluding hydrogens is 1630 g/mol. The molecule has 5 aliphatic carbocycles. The number of esters is 2. The molecule has 7 saturated heterocycles. The predicted molar refractivity (Wildman–Crippen MR) is 404 cm³/mol. The highest BCUT2D eigenvalue weighted by atomic mass is 16.8. The molecule has 1 aromatic carbocycles. The summed E-state index contributed by atoms with van der Waals surface area (Å²) < 4.78 is 110. The molecule has 40 atom stereocenters. The number of carboxylic acid groups (broad SMARTS) is 1. The number of fused-ring (bicyclic) bond motifs is 7. The van der Waals surface area contributed by atoms with Gasteiger partial charge in [-0.15, -0.1) is 0 Å². The van der Waals surface area contributed by atoms with E-state index in [4.69, 9.17) is 85.3 Å². The number of carbonyl (C=O) groups excluding carboxylic acids is 2. The number of carboxylic acids is 1. The van der Waals surface area contributed by atoms with Crippen LogP contribution in [-0.2, 0) is 85.4 Å². The number of hydrogen-bond acceptors (Lipinski definition) is 40. The first-order valence-electron chi connectivity index (χ1n) is 41.4. The standard InChI is InChI=1S/C81H122O41/c1-33-55(116-65-53(96)57(39(88)27-108-65)117-70-62(98)80(103,29-85)31-109-70)59(118-71-63(99)81(104,30-86)32-110-71)54(97)68(111-33)120-61-60(119-66-51(94)49(92)47(90)42(25-82)113-66)56(115-46(89)14-11-35-21-40(105-8)58(107-10)41(22-35)106-9)34(2)112-69(61)122-73(102)78-18-17-74(3,4)23-37(78)36-12-13-44-75(5)24-38(87)64(121-67-52(95)50(93)48(91)43(26-83)114-67)77(7,72(100)101)45(75)15-16-76(44,6)79(36,28-84)20-19-78/h11-12,14,21-22,33-34,37-39,42-45,47-57,59-71,82-88,90-99,103-104H,13,15-20,23-32H2,1-10H3,(H,100,101)/t33-,34+,37-,38-,39+,42+,43+,44+,45+,47-,48+,49-,50-,51+,52+,53+,54+,55-,56-,57-,59-,60-,61+,62-,63-,64-,65-,66-,67-,68-,69-,70-,71-,75+,76+,77-,78-,79-,80+,81+/m0/s1. The number of hydrogen-bond donors (Lipinski definition) is 20. The van der Waals surface area contributed by atoms with Crippen molar-refractivity contribution in [1.29, 1.82) is 0 Å². The third-order valence-corrected chi connectivity index (χ3v) is 29.1. The van der Waals surface area contributed by atoms with E-state index in [1.54, 1.807) is 0 Å². The van der Waals surface area contributed by atoms with Gasteiger partial charge in [-0.25, -0.2) is 4.79 Å². The minimum Gasteiger partial charge on any atom is -0.493 e. The summed E-state index contributed by atoms with van der Waals surface area (Å²) in [5.74, 6) is -4.85. The van der Waals surface area contributed by atoms with Gasteiger partial charge < -0.3 is 187 Å². The number of aliphatic hydroxyl groups is 19. The SMILES string of the molecule is COc1cc(C=CC(=O)O[C@@H]2[C@H](O[C@@H]3O[C@H](CO)[C@H](O)[C@H](O)[C@H]3O)[C@@H](O[C@@H]3O[C@@H](C)[C@H](O[C@@H]4OC[C@@H](O)[C@H](O[C@@H]5OC[C@](O)(CO)[C@H]5O)[C@H]4O)[C@@H](O[C@@H]4OC[C@](O)(CO)[C@H]4O)[C@H]3O)[C@H](OC(=O)[C@]34CCC(C)(C)C[C@H]3C3=CC[C@@H]5[C@@]6(C)C[C@H](O)[C@H](O[C@@H]7O[C@H](CO)[C@@H](O)[C@H](O)[C@H]7O)[C@@](C)(C(=O)O)[C@@H]6CC[C@@]5(C)[C@]3(CO)CC4)O[C@@H]2C)cc(OC)c1OC. The number of rotatable bonds is 26. The Hall–Kier alpha value is -4.77. The number of aliphatic carboxylic acids is 1. The summed E-state index contributed by atoms with van der Waals surface area (Å²) in [4.78, 5) is 45.5. The van der Waals surface area contributed by atoms with Crippen LogP contribution in [-0.4, -0.2) is 390 Å². The molecule has 0 spiro atoms. The quantitative estimate of drug-likeness (QED) is 0.0178. The van der Waals surface area contributed by atoms with Crippen LogP contribution >= 0.6 is 0 Å². The number of methoxy groups -OCH3 is 3. The Labute approximate surface area is 702 Å². The van der Waals surface area contributed by atoms with Crippen molar-refractivity contribution in [3.63, 3.8) is 0 Å². The zero-order valence-corrected chi connectivity index (χ0v) is 69.5. The van der Waals surface area contributed by atoms with Crippen LogP contribution in [0, 0.1) is 50.2 Å². The van der Waals surface area contributed by atoms with E-state index in [9.17, 15) is 112 Å². The van der Waals surface area contributed by atoms with Gasteiger partial charge in [0.15, 0.2) is 61.4 Å². The highest BCUT2D eigenvalue weighted by molar-refractivity contribution is 5.87. The molecule has 692 valence electrons. The molecule has 0 bridgehead atoms. The predicted octanol–water partition coefficient (Wildman–Crippen LogP) is -5.29. The van der Waals surface area contributed by atoms with Crippen molar-refractivity contribution < 1.29 is 202 Å². The molecule has 0 unspecified atom stereocenters. The summed E-state index contributed by atoms with van der Waals surface area (Å²) in [5, 5.41) is 225. The average Bonchev–Trinajstić information content (AvgIpc) is 0.718. The maximum Gasteiger partial charge on any atom is 0.331 e. The fourth-order valence-electron chi connectivity index (χ4n) is 21.9. The maximum absolute atomic E-state index is 16.7. The number of benzene rings is 1. The van der Waals surface area contributed by atoms with Crippen LogP contribution in [0.3, 0.4) is 0 Å². The topological polar surface area (TPSA) is 622 Å². The zero-order chi connectivity index (χ0) is 89.0. The normalized spacial score (nSPS) is 48.8. The molecule has 4 saturated carbocycles. The summed E-state index contributed by atoms with van der Waals surface area (Å²) >= 11 is 0. The monoisotopic (exact) mass is 1750 g/mol. The molecular formula is C81H122O41. The van der Waals surface area contributed by atoms with E-state index in [1.807, 2.05) is 33.8 Å². The second-order valence-electron chi connectivity index (χ2n) is 36.6. The van der Waals surface area contributed by atoms with Crippen LogP contribution in [0.15, 0.2) is 29.9 Å². The van der Waals surface area contributed by atoms with Crippen molar-refractivity contribution in [3.8, 4) is 17.2 Å². The van der Waals surface area contributed by atoms with Gasteiger partial charge in [0.2, 0.25) is 12.0 Å². The van der Waals surface area contributed by atoms with Gasteiger partial charge in [0.1, 0.15) is 121 Å². The van der Waals surface area contributed by atoms with Gasteiger partial charge in [0.05, 0.1) is 103 Å². The van der Waals surface area contributed by atoms with Gasteiger partial charge in [0, 0.05) is 11.5 Å². The van der Waals surface area contributed by atoms with E-state index in [1.165, 1.54) is 60.3 Å². The van der Waals surface area contributed by atoms with Crippen LogP contribution in [0.25, 0.3) is 6.08 Å². The van der Waals surface area contributed by atoms with Crippen LogP contribution in [0.4, 0.5) is 0 Å². The number of ether oxygens (including phenoxy) is 18. The van der Waals surface area contributed by atoms with Crippen LogP contribution in [0.1, 0.15) is 112 Å². The molecule has 1 aromatic rings. The molecule has 12 aliphatic rings. The van der Waals surface area contributed by atoms with E-state index >= 15 is 4.79 Å². The fourth-order valence-corrected chi connectivity index (χ4v) is 21.9. The van der Waals surface area contributed by atoms with Crippen molar-refractivity contribution in [3.05, 3.63) is 35.4 Å². The first-order chi connectivity index (χ1) is 57.5. The molecule has 0 amide bonds. The van der Waals surface area contributed by atoms with Gasteiger partial charge >= 0.3 is 17.9 Å². The Kier molecular flexibility index (Phi) is 28.2. The van der Waals surface area contributed by atoms with E-state index in [0.29, 0.717) is 24.0 Å². The second-order valence-corrected chi connectivity index (χ2v) is 36.6. The van der Waals surface area contributed by atoms with Gasteiger partial charge in [0.25, 0.3) is 0 Å². The van der Waals surface area contributed by atoms with Crippen molar-refractivity contribution in [1.82, 2.24) is 0 Å². The minimum atomic E-state index is -2.38. The molecule has 0 radical (unpaired) electrons. The summed E-state index contributed by atoms with van der Waals surface area (Å²) in [7, 11) is 4.12. The third-order valence-electron chi connectivity index (χ3n) is 29.1. The van der Waals surface area contributed by atoms with Crippen molar-refractivity contribution in [2.45, 2.75) is 302 Å². The number of allylic oxidation sites excluding steroid dienone is 1. The van der Waals surface area contributed by atoms with E-state index in [0.717, 1.165) is 6.08 Å². The molecule has 122 heavy (non-hydrogen) atoms. The summed E-state index contributed by atoms with van der Waals surface area (Å²) in [6.07, 6.45) is -51.0. The van der Waals surface area contributed by atoms with E-state index in [-0.39, 0.29) is 62.2 Å². The first-order valence-corrected chi connectivity index (χ1v) is 41.4. The Morgan fingerprint density at radius 2 is 1.03 bits per heavy atom.